The van der Waals surface area contributed by atoms with Crippen LogP contribution in [0.25, 0.3) is 0 Å². The van der Waals surface area contributed by atoms with E-state index in [9.17, 15) is 0 Å². The highest BCUT2D eigenvalue weighted by Gasteiger charge is 2.06. The SMILES string of the molecule is CC(=CCCC(C)=CCCC(C)=CCCC(C)=CCCC(C)=CCCC(C)=CCCC(C)=CCCC(C)=CCCC(C)=CCCC(C)CCO)CCC=C(C)CCC=C(C)CCC=C(C)CCC=C(C)CCC=C(C)CCC=C(C)CCC=C(C)CCC=C(C)CCCC(C)CCCC(C)C. The molecule has 0 saturated carbocycles. The lowest BCUT2D eigenvalue weighted by Crippen LogP contribution is -1.97. The average molecular weight is 1390 g/mol. The standard InChI is InChI=1S/C100H168O/c1-81(2)41-22-42-82(3)43-23-44-83(4)45-24-46-84(5)47-25-48-85(6)49-26-50-86(7)51-27-52-87(8)53-28-54-88(9)55-29-56-89(10)57-30-58-90(11)59-31-60-91(12)61-32-62-92(13)63-33-64-93(14)65-34-66-94(15)67-35-68-95(16)69-36-70-96(17)71-37-72-97(18)73-38-74-98(19)75-39-76-99(20)77-40-78-100(21)79-80-101/h45,47,49,51,53,55,57,59,61,63,65,67,69,71,73,75,77,81-82,100-101H,22-44,46,48,50,52,54,56,58,60,62,64,66,68,70,72,74,76,78-80H2,1-21H3. The number of rotatable bonds is 61. The first kappa shape index (κ1) is 96.5. The van der Waals surface area contributed by atoms with E-state index >= 15 is 0 Å². The van der Waals surface area contributed by atoms with Gasteiger partial charge in [0.15, 0.2) is 0 Å². The fraction of sp³-hybridized carbons (Fsp3) is 0.660. The van der Waals surface area contributed by atoms with Crippen molar-refractivity contribution < 1.29 is 5.11 Å². The summed E-state index contributed by atoms with van der Waals surface area (Å²) in [5.41, 5.74) is 26.1. The molecule has 0 bridgehead atoms. The van der Waals surface area contributed by atoms with Crippen molar-refractivity contribution in [3.05, 3.63) is 198 Å². The molecule has 1 nitrogen and oxygen atoms in total. The molecule has 0 aromatic rings. The van der Waals surface area contributed by atoms with Gasteiger partial charge in [-0.1, -0.05) is 251 Å². The Hall–Kier alpha value is -4.46. The van der Waals surface area contributed by atoms with E-state index in [1.165, 1.54) is 226 Å². The molecule has 1 N–H and O–H groups in total. The van der Waals surface area contributed by atoms with Gasteiger partial charge in [0, 0.05) is 6.61 Å². The van der Waals surface area contributed by atoms with E-state index in [1.807, 2.05) is 0 Å². The summed E-state index contributed by atoms with van der Waals surface area (Å²) in [5, 5.41) is 9.12. The zero-order valence-electron chi connectivity index (χ0n) is 71.2. The molecule has 0 saturated heterocycles. The first-order chi connectivity index (χ1) is 48.3. The van der Waals surface area contributed by atoms with Gasteiger partial charge in [-0.15, -0.1) is 0 Å². The van der Waals surface area contributed by atoms with Gasteiger partial charge in [0.2, 0.25) is 0 Å². The number of allylic oxidation sites excluding steroid dienone is 34. The van der Waals surface area contributed by atoms with Crippen LogP contribution in [0, 0.1) is 17.8 Å². The number of aliphatic hydroxyl groups excluding tert-OH is 1. The Morgan fingerprint density at radius 3 is 0.495 bits per heavy atom. The van der Waals surface area contributed by atoms with E-state index < -0.39 is 0 Å². The number of hydrogen-bond acceptors (Lipinski definition) is 1. The molecule has 2 atom stereocenters. The number of hydrogen-bond donors (Lipinski definition) is 1. The van der Waals surface area contributed by atoms with Gasteiger partial charge in [-0.05, 0) is 373 Å². The highest BCUT2D eigenvalue weighted by molar-refractivity contribution is 5.15. The molecule has 0 aromatic heterocycles. The largest absolute Gasteiger partial charge is 0.396 e. The lowest BCUT2D eigenvalue weighted by atomic mass is 9.94. The quantitative estimate of drug-likeness (QED) is 0.0602. The highest BCUT2D eigenvalue weighted by Crippen LogP contribution is 2.24. The zero-order chi connectivity index (χ0) is 75.3. The van der Waals surface area contributed by atoms with Crippen molar-refractivity contribution in [3.63, 3.8) is 0 Å². The Balaban J connectivity index is 4.34. The molecule has 0 rings (SSSR count). The van der Waals surface area contributed by atoms with Crippen molar-refractivity contribution in [2.45, 2.75) is 409 Å². The third-order valence-electron chi connectivity index (χ3n) is 21.0. The van der Waals surface area contributed by atoms with Crippen LogP contribution >= 0.6 is 0 Å². The maximum Gasteiger partial charge on any atom is 0.0433 e. The summed E-state index contributed by atoms with van der Waals surface area (Å²) >= 11 is 0. The molecule has 0 aliphatic rings. The molecule has 101 heavy (non-hydrogen) atoms. The molecule has 574 valence electrons. The maximum atomic E-state index is 9.12. The van der Waals surface area contributed by atoms with Gasteiger partial charge in [-0.25, -0.2) is 0 Å². The average Bonchev–Trinajstić information content (AvgIpc) is 3.51. The smallest absolute Gasteiger partial charge is 0.0433 e. The first-order valence-electron chi connectivity index (χ1n) is 42.0. The van der Waals surface area contributed by atoms with E-state index in [-0.39, 0.29) is 0 Å². The molecular formula is C100H168O. The normalized spacial score (nSPS) is 15.7. The predicted octanol–water partition coefficient (Wildman–Crippen LogP) is 34.0. The highest BCUT2D eigenvalue weighted by atomic mass is 16.3. The maximum absolute atomic E-state index is 9.12. The van der Waals surface area contributed by atoms with Gasteiger partial charge in [0.25, 0.3) is 0 Å². The third-order valence-corrected chi connectivity index (χ3v) is 21.0. The lowest BCUT2D eigenvalue weighted by molar-refractivity contribution is 0.259. The fourth-order valence-corrected chi connectivity index (χ4v) is 13.2. The second kappa shape index (κ2) is 65.1. The van der Waals surface area contributed by atoms with E-state index in [4.69, 9.17) is 5.11 Å². The molecule has 0 spiro atoms. The minimum absolute atomic E-state index is 0.309. The van der Waals surface area contributed by atoms with E-state index in [1.54, 1.807) is 16.7 Å². The van der Waals surface area contributed by atoms with Crippen LogP contribution in [0.4, 0.5) is 0 Å². The van der Waals surface area contributed by atoms with Crippen molar-refractivity contribution in [2.24, 2.45) is 17.8 Å². The van der Waals surface area contributed by atoms with Crippen LogP contribution in [0.3, 0.4) is 0 Å². The molecule has 0 amide bonds. The predicted molar refractivity (Wildman–Crippen MR) is 463 cm³/mol. The van der Waals surface area contributed by atoms with Gasteiger partial charge in [0.05, 0.1) is 0 Å². The summed E-state index contributed by atoms with van der Waals surface area (Å²) in [6.45, 7) is 49.1. The molecule has 0 aliphatic heterocycles. The van der Waals surface area contributed by atoms with Gasteiger partial charge >= 0.3 is 0 Å². The topological polar surface area (TPSA) is 20.2 Å². The van der Waals surface area contributed by atoms with Crippen molar-refractivity contribution in [3.8, 4) is 0 Å². The Kier molecular flexibility index (Phi) is 62.2. The van der Waals surface area contributed by atoms with Crippen LogP contribution in [0.2, 0.25) is 0 Å². The second-order valence-corrected chi connectivity index (χ2v) is 33.0. The van der Waals surface area contributed by atoms with Crippen molar-refractivity contribution in [1.29, 1.82) is 0 Å². The van der Waals surface area contributed by atoms with E-state index in [0.29, 0.717) is 12.5 Å². The molecule has 0 fully saturated rings. The van der Waals surface area contributed by atoms with Crippen molar-refractivity contribution >= 4 is 0 Å². The summed E-state index contributed by atoms with van der Waals surface area (Å²) in [6.07, 6.45) is 90.7. The van der Waals surface area contributed by atoms with Gasteiger partial charge in [0.1, 0.15) is 0 Å². The molecule has 0 radical (unpaired) electrons. The van der Waals surface area contributed by atoms with E-state index in [2.05, 4.69) is 249 Å². The summed E-state index contributed by atoms with van der Waals surface area (Å²) in [5.74, 6) is 2.33. The van der Waals surface area contributed by atoms with Crippen LogP contribution in [-0.2, 0) is 0 Å². The van der Waals surface area contributed by atoms with Crippen molar-refractivity contribution in [2.75, 3.05) is 6.61 Å². The van der Waals surface area contributed by atoms with Crippen LogP contribution in [0.15, 0.2) is 198 Å². The van der Waals surface area contributed by atoms with Gasteiger partial charge in [-0.3, -0.25) is 0 Å². The molecule has 0 aliphatic carbocycles. The zero-order valence-corrected chi connectivity index (χ0v) is 71.2. The third kappa shape index (κ3) is 66.0. The Labute approximate surface area is 632 Å². The Morgan fingerprint density at radius 2 is 0.327 bits per heavy atom. The molecular weight excluding hydrogens is 1220 g/mol. The second-order valence-electron chi connectivity index (χ2n) is 33.0. The van der Waals surface area contributed by atoms with Crippen LogP contribution in [0.5, 0.6) is 0 Å². The molecule has 0 heterocycles. The molecule has 2 unspecified atom stereocenters. The fourth-order valence-electron chi connectivity index (χ4n) is 13.2. The lowest BCUT2D eigenvalue weighted by Gasteiger charge is -2.12. The Bertz CT molecular complexity index is 2730. The van der Waals surface area contributed by atoms with Gasteiger partial charge in [-0.2, -0.15) is 0 Å². The minimum Gasteiger partial charge on any atom is -0.396 e. The summed E-state index contributed by atoms with van der Waals surface area (Å²) in [4.78, 5) is 0. The minimum atomic E-state index is 0.309. The summed E-state index contributed by atoms with van der Waals surface area (Å²) in [7, 11) is 0. The Morgan fingerprint density at radius 1 is 0.178 bits per heavy atom. The van der Waals surface area contributed by atoms with Crippen LogP contribution in [-0.4, -0.2) is 11.7 Å². The van der Waals surface area contributed by atoms with Gasteiger partial charge < -0.3 is 5.11 Å². The monoisotopic (exact) mass is 1390 g/mol. The first-order valence-corrected chi connectivity index (χ1v) is 42.0. The molecule has 1 heteroatoms. The summed E-state index contributed by atoms with van der Waals surface area (Å²) in [6, 6.07) is 0. The van der Waals surface area contributed by atoms with Crippen LogP contribution in [0.1, 0.15) is 409 Å². The summed E-state index contributed by atoms with van der Waals surface area (Å²) < 4.78 is 0. The van der Waals surface area contributed by atoms with Crippen LogP contribution < -0.4 is 0 Å². The van der Waals surface area contributed by atoms with Crippen molar-refractivity contribution in [1.82, 2.24) is 0 Å². The number of aliphatic hydroxyl groups is 1. The van der Waals surface area contributed by atoms with E-state index in [0.717, 1.165) is 127 Å². The molecule has 0 aromatic carbocycles.